The lowest BCUT2D eigenvalue weighted by atomic mass is 10.0. The molecule has 0 saturated heterocycles. The van der Waals surface area contributed by atoms with E-state index in [9.17, 15) is 9.18 Å². The summed E-state index contributed by atoms with van der Waals surface area (Å²) in [6.45, 7) is 6.53. The van der Waals surface area contributed by atoms with Crippen LogP contribution >= 0.6 is 11.3 Å². The molecule has 0 atom stereocenters. The first kappa shape index (κ1) is 25.9. The fourth-order valence-electron chi connectivity index (χ4n) is 4.25. The molecule has 0 radical (unpaired) electrons. The van der Waals surface area contributed by atoms with E-state index in [1.54, 1.807) is 24.4 Å². The Morgan fingerprint density at radius 2 is 2.03 bits per heavy atom. The number of Topliss-reactive ketones (excluding diaryl/α,β-unsaturated/α-hetero) is 1. The topological polar surface area (TPSA) is 76.5 Å². The number of rotatable bonds is 11. The van der Waals surface area contributed by atoms with Crippen LogP contribution in [0.5, 0.6) is 11.5 Å². The van der Waals surface area contributed by atoms with Gasteiger partial charge in [-0.05, 0) is 55.3 Å². The highest BCUT2D eigenvalue weighted by Gasteiger charge is 2.15. The van der Waals surface area contributed by atoms with Gasteiger partial charge in [0.15, 0.2) is 0 Å². The lowest BCUT2D eigenvalue weighted by molar-refractivity contribution is -0.117. The first-order valence-corrected chi connectivity index (χ1v) is 13.5. The molecule has 5 rings (SSSR count). The summed E-state index contributed by atoms with van der Waals surface area (Å²) in [5.74, 6) is 0.423. The highest BCUT2D eigenvalue weighted by molar-refractivity contribution is 7.22. The van der Waals surface area contributed by atoms with Crippen LogP contribution in [0.1, 0.15) is 37.8 Å². The van der Waals surface area contributed by atoms with E-state index in [0.717, 1.165) is 57.1 Å². The molecule has 1 N–H and O–H groups in total. The van der Waals surface area contributed by atoms with Crippen molar-refractivity contribution in [2.45, 2.75) is 39.7 Å². The zero-order chi connectivity index (χ0) is 26.5. The lowest BCUT2D eigenvalue weighted by Crippen LogP contribution is -2.13. The summed E-state index contributed by atoms with van der Waals surface area (Å²) >= 11 is 1.53. The molecule has 1 aliphatic heterocycles. The predicted molar refractivity (Wildman–Crippen MR) is 151 cm³/mol. The number of carbonyl (C=O) groups excluding carboxylic acids is 1. The molecule has 4 heterocycles. The molecule has 0 bridgehead atoms. The van der Waals surface area contributed by atoms with Crippen LogP contribution in [-0.4, -0.2) is 34.6 Å². The molecule has 3 aromatic heterocycles. The molecule has 4 aromatic rings. The average Bonchev–Trinajstić information content (AvgIpc) is 3.53. The fraction of sp³-hybridized carbons (Fsp3) is 0.267. The van der Waals surface area contributed by atoms with E-state index >= 15 is 0 Å². The van der Waals surface area contributed by atoms with Crippen molar-refractivity contribution in [2.24, 2.45) is 4.99 Å². The van der Waals surface area contributed by atoms with Crippen molar-refractivity contribution in [3.8, 4) is 22.1 Å². The number of aromatic nitrogens is 2. The Bertz CT molecular complexity index is 1530. The minimum Gasteiger partial charge on any atom is -0.456 e. The number of thiophene rings is 1. The predicted octanol–water partition coefficient (Wildman–Crippen LogP) is 6.69. The number of hydrogen-bond donors (Lipinski definition) is 1. The standard InChI is InChI=1S/C30H29FN4O2S/c1-3-9-32-17-20-4-7-26(35-18-20)29-15-27-30(38-29)28(8-10-33-27)37-24-6-5-21(25(31)14-24)12-23(36)13-22-11-19(2)16-34-22/h4-8,10-11,14-15,18,32H,3,9,12-13,16-17H2,1-2H3. The third-order valence-corrected chi connectivity index (χ3v) is 7.33. The first-order valence-electron chi connectivity index (χ1n) is 12.7. The highest BCUT2D eigenvalue weighted by atomic mass is 32.1. The zero-order valence-electron chi connectivity index (χ0n) is 21.5. The van der Waals surface area contributed by atoms with Crippen LogP contribution in [-0.2, 0) is 17.8 Å². The Morgan fingerprint density at radius 1 is 1.13 bits per heavy atom. The van der Waals surface area contributed by atoms with Gasteiger partial charge in [0.05, 0.1) is 27.3 Å². The van der Waals surface area contributed by atoms with Gasteiger partial charge in [-0.1, -0.05) is 24.6 Å². The molecule has 0 saturated carbocycles. The van der Waals surface area contributed by atoms with Gasteiger partial charge in [0.1, 0.15) is 23.1 Å². The molecule has 0 aliphatic carbocycles. The molecule has 0 amide bonds. The van der Waals surface area contributed by atoms with Gasteiger partial charge in [-0.3, -0.25) is 19.8 Å². The minimum absolute atomic E-state index is 0.0201. The van der Waals surface area contributed by atoms with Gasteiger partial charge in [-0.15, -0.1) is 11.3 Å². The summed E-state index contributed by atoms with van der Waals surface area (Å²) in [6.07, 6.45) is 6.82. The van der Waals surface area contributed by atoms with E-state index in [2.05, 4.69) is 33.3 Å². The zero-order valence-corrected chi connectivity index (χ0v) is 22.3. The second-order valence-corrected chi connectivity index (χ2v) is 10.5. The van der Waals surface area contributed by atoms with Crippen LogP contribution in [0.15, 0.2) is 71.5 Å². The number of ether oxygens (including phenoxy) is 1. The fourth-order valence-corrected chi connectivity index (χ4v) is 5.30. The number of ketones is 1. The lowest BCUT2D eigenvalue weighted by Gasteiger charge is -2.09. The number of fused-ring (bicyclic) bond motifs is 1. The van der Waals surface area contributed by atoms with Gasteiger partial charge in [0.25, 0.3) is 0 Å². The third kappa shape index (κ3) is 6.20. The van der Waals surface area contributed by atoms with Gasteiger partial charge < -0.3 is 10.1 Å². The largest absolute Gasteiger partial charge is 0.456 e. The van der Waals surface area contributed by atoms with Crippen molar-refractivity contribution in [1.29, 1.82) is 0 Å². The third-order valence-electron chi connectivity index (χ3n) is 6.17. The molecule has 1 aliphatic rings. The number of hydrogen-bond acceptors (Lipinski definition) is 7. The number of benzene rings is 1. The maximum absolute atomic E-state index is 14.9. The number of aliphatic imine (C=N–C) groups is 1. The van der Waals surface area contributed by atoms with Crippen molar-refractivity contribution in [3.05, 3.63) is 83.5 Å². The number of halogens is 1. The van der Waals surface area contributed by atoms with E-state index in [4.69, 9.17) is 4.74 Å². The van der Waals surface area contributed by atoms with Crippen LogP contribution in [0.4, 0.5) is 4.39 Å². The van der Waals surface area contributed by atoms with Crippen LogP contribution in [0.25, 0.3) is 20.8 Å². The summed E-state index contributed by atoms with van der Waals surface area (Å²) in [6, 6.07) is 12.5. The number of nitrogens with one attached hydrogen (secondary N) is 1. The Balaban J connectivity index is 1.28. The van der Waals surface area contributed by atoms with Crippen molar-refractivity contribution >= 4 is 33.0 Å². The van der Waals surface area contributed by atoms with Gasteiger partial charge in [0, 0.05) is 49.6 Å². The van der Waals surface area contributed by atoms with Gasteiger partial charge in [-0.25, -0.2) is 4.39 Å². The molecule has 194 valence electrons. The van der Waals surface area contributed by atoms with Crippen LogP contribution < -0.4 is 10.1 Å². The summed E-state index contributed by atoms with van der Waals surface area (Å²) in [5, 5.41) is 3.38. The van der Waals surface area contributed by atoms with E-state index < -0.39 is 5.82 Å². The smallest absolute Gasteiger partial charge is 0.148 e. The van der Waals surface area contributed by atoms with Crippen LogP contribution in [0, 0.1) is 5.82 Å². The second kappa shape index (κ2) is 11.8. The summed E-state index contributed by atoms with van der Waals surface area (Å²) in [4.78, 5) is 26.8. The van der Waals surface area contributed by atoms with Gasteiger partial charge in [0.2, 0.25) is 0 Å². The van der Waals surface area contributed by atoms with Gasteiger partial charge in [-0.2, -0.15) is 0 Å². The molecule has 6 nitrogen and oxygen atoms in total. The Morgan fingerprint density at radius 3 is 2.76 bits per heavy atom. The molecule has 0 fully saturated rings. The molecule has 1 aromatic carbocycles. The molecule has 8 heteroatoms. The molecule has 38 heavy (non-hydrogen) atoms. The summed E-state index contributed by atoms with van der Waals surface area (Å²) < 4.78 is 21.8. The SMILES string of the molecule is CCCNCc1ccc(-c2cc3nccc(Oc4ccc(CC(=O)CC5=NCC(C)=C5)c(F)c4)c3s2)nc1. The second-order valence-electron chi connectivity index (χ2n) is 9.41. The molecule has 0 spiro atoms. The average molecular weight is 529 g/mol. The number of nitrogens with zero attached hydrogens (tertiary/aromatic N) is 3. The minimum atomic E-state index is -0.467. The maximum atomic E-state index is 14.9. The van der Waals surface area contributed by atoms with Crippen molar-refractivity contribution < 1.29 is 13.9 Å². The van der Waals surface area contributed by atoms with Gasteiger partial charge >= 0.3 is 0 Å². The van der Waals surface area contributed by atoms with Crippen LogP contribution in [0.2, 0.25) is 0 Å². The Labute approximate surface area is 225 Å². The first-order chi connectivity index (χ1) is 18.5. The number of allylic oxidation sites excluding steroid dienone is 1. The molecular weight excluding hydrogens is 499 g/mol. The van der Waals surface area contributed by atoms with Crippen LogP contribution in [0.3, 0.4) is 0 Å². The monoisotopic (exact) mass is 528 g/mol. The van der Waals surface area contributed by atoms with E-state index in [1.807, 2.05) is 31.3 Å². The summed E-state index contributed by atoms with van der Waals surface area (Å²) in [7, 11) is 0. The highest BCUT2D eigenvalue weighted by Crippen LogP contribution is 2.38. The number of pyridine rings is 2. The molecule has 0 unspecified atom stereocenters. The Kier molecular flexibility index (Phi) is 8.00. The van der Waals surface area contributed by atoms with Crippen molar-refractivity contribution in [1.82, 2.24) is 15.3 Å². The van der Waals surface area contributed by atoms with E-state index in [0.29, 0.717) is 23.6 Å². The van der Waals surface area contributed by atoms with E-state index in [-0.39, 0.29) is 18.6 Å². The maximum Gasteiger partial charge on any atom is 0.148 e. The Hall–Kier alpha value is -3.75. The summed E-state index contributed by atoms with van der Waals surface area (Å²) in [5.41, 5.74) is 5.04. The quantitative estimate of drug-likeness (QED) is 0.220. The molecular formula is C30H29FN4O2S. The van der Waals surface area contributed by atoms with Crippen molar-refractivity contribution in [3.63, 3.8) is 0 Å². The van der Waals surface area contributed by atoms with E-state index in [1.165, 1.54) is 17.4 Å². The number of carbonyl (C=O) groups is 1. The normalized spacial score (nSPS) is 13.0. The van der Waals surface area contributed by atoms with Crippen molar-refractivity contribution in [2.75, 3.05) is 13.1 Å².